The number of rotatable bonds is 3. The standard InChI is InChI=1S/C12H15N3OS/c1-9-13-14-12(16-9)7-15-5-2-3-11(15)10-4-6-17-8-10/h4,6,8,11H,2-3,5,7H2,1H3/t11-/m1/s1. The largest absolute Gasteiger partial charge is 0.424 e. The van der Waals surface area contributed by atoms with Crippen LogP contribution in [0, 0.1) is 6.92 Å². The van der Waals surface area contributed by atoms with Gasteiger partial charge in [-0.1, -0.05) is 0 Å². The molecule has 0 bridgehead atoms. The van der Waals surface area contributed by atoms with Gasteiger partial charge in [0.2, 0.25) is 11.8 Å². The van der Waals surface area contributed by atoms with E-state index in [1.807, 2.05) is 6.92 Å². The van der Waals surface area contributed by atoms with Crippen LogP contribution in [0.15, 0.2) is 21.2 Å². The average Bonchev–Trinajstić information content (AvgIpc) is 3.00. The molecule has 3 heterocycles. The average molecular weight is 249 g/mol. The molecule has 0 amide bonds. The Bertz CT molecular complexity index is 480. The van der Waals surface area contributed by atoms with Crippen molar-refractivity contribution in [2.45, 2.75) is 32.4 Å². The first kappa shape index (κ1) is 10.9. The van der Waals surface area contributed by atoms with E-state index >= 15 is 0 Å². The predicted molar refractivity (Wildman–Crippen MR) is 65.7 cm³/mol. The first-order valence-corrected chi connectivity index (χ1v) is 6.82. The molecule has 0 aliphatic carbocycles. The summed E-state index contributed by atoms with van der Waals surface area (Å²) in [6.07, 6.45) is 2.47. The van der Waals surface area contributed by atoms with E-state index < -0.39 is 0 Å². The minimum atomic E-state index is 0.522. The number of thiophene rings is 1. The van der Waals surface area contributed by atoms with Crippen LogP contribution in [-0.4, -0.2) is 21.6 Å². The number of likely N-dealkylation sites (tertiary alicyclic amines) is 1. The molecule has 4 nitrogen and oxygen atoms in total. The second-order valence-corrected chi connectivity index (χ2v) is 5.18. The van der Waals surface area contributed by atoms with Gasteiger partial charge in [-0.25, -0.2) is 0 Å². The maximum Gasteiger partial charge on any atom is 0.230 e. The quantitative estimate of drug-likeness (QED) is 0.839. The fourth-order valence-corrected chi connectivity index (χ4v) is 3.14. The number of nitrogens with zero attached hydrogens (tertiary/aromatic N) is 3. The highest BCUT2D eigenvalue weighted by atomic mass is 32.1. The lowest BCUT2D eigenvalue weighted by atomic mass is 10.1. The fourth-order valence-electron chi connectivity index (χ4n) is 2.43. The summed E-state index contributed by atoms with van der Waals surface area (Å²) in [4.78, 5) is 2.43. The Morgan fingerprint density at radius 1 is 1.53 bits per heavy atom. The smallest absolute Gasteiger partial charge is 0.230 e. The zero-order valence-corrected chi connectivity index (χ0v) is 10.6. The molecule has 0 radical (unpaired) electrons. The highest BCUT2D eigenvalue weighted by Crippen LogP contribution is 2.33. The third kappa shape index (κ3) is 2.25. The summed E-state index contributed by atoms with van der Waals surface area (Å²) >= 11 is 1.76. The van der Waals surface area contributed by atoms with E-state index in [1.54, 1.807) is 11.3 Å². The van der Waals surface area contributed by atoms with Crippen molar-refractivity contribution >= 4 is 11.3 Å². The molecular formula is C12H15N3OS. The third-order valence-electron chi connectivity index (χ3n) is 3.20. The lowest BCUT2D eigenvalue weighted by Gasteiger charge is -2.21. The van der Waals surface area contributed by atoms with Crippen LogP contribution in [0.1, 0.15) is 36.2 Å². The lowest BCUT2D eigenvalue weighted by Crippen LogP contribution is -2.22. The molecule has 2 aromatic heterocycles. The summed E-state index contributed by atoms with van der Waals surface area (Å²) in [6, 6.07) is 2.74. The van der Waals surface area contributed by atoms with Gasteiger partial charge in [-0.2, -0.15) is 11.3 Å². The van der Waals surface area contributed by atoms with Gasteiger partial charge in [-0.05, 0) is 41.8 Å². The summed E-state index contributed by atoms with van der Waals surface area (Å²) in [5.74, 6) is 1.37. The molecule has 3 rings (SSSR count). The van der Waals surface area contributed by atoms with Gasteiger partial charge in [-0.15, -0.1) is 10.2 Å². The Morgan fingerprint density at radius 2 is 2.47 bits per heavy atom. The van der Waals surface area contributed by atoms with Crippen molar-refractivity contribution in [3.8, 4) is 0 Å². The Kier molecular flexibility index (Phi) is 2.94. The van der Waals surface area contributed by atoms with Gasteiger partial charge < -0.3 is 4.42 Å². The first-order chi connectivity index (χ1) is 8.33. The van der Waals surface area contributed by atoms with Gasteiger partial charge in [0.15, 0.2) is 0 Å². The molecule has 1 aliphatic heterocycles. The van der Waals surface area contributed by atoms with Crippen LogP contribution in [0.3, 0.4) is 0 Å². The second kappa shape index (κ2) is 4.58. The van der Waals surface area contributed by atoms with E-state index in [0.29, 0.717) is 11.9 Å². The monoisotopic (exact) mass is 249 g/mol. The van der Waals surface area contributed by atoms with Gasteiger partial charge in [-0.3, -0.25) is 4.90 Å². The van der Waals surface area contributed by atoms with Gasteiger partial charge >= 0.3 is 0 Å². The van der Waals surface area contributed by atoms with E-state index in [0.717, 1.165) is 19.0 Å². The molecule has 1 saturated heterocycles. The SMILES string of the molecule is Cc1nnc(CN2CCC[C@@H]2c2ccsc2)o1. The number of hydrogen-bond acceptors (Lipinski definition) is 5. The van der Waals surface area contributed by atoms with Gasteiger partial charge in [0, 0.05) is 13.0 Å². The summed E-state index contributed by atoms with van der Waals surface area (Å²) in [5, 5.41) is 12.3. The van der Waals surface area contributed by atoms with Crippen LogP contribution >= 0.6 is 11.3 Å². The minimum absolute atomic E-state index is 0.522. The highest BCUT2D eigenvalue weighted by molar-refractivity contribution is 7.07. The summed E-state index contributed by atoms with van der Waals surface area (Å²) in [7, 11) is 0. The van der Waals surface area contributed by atoms with Crippen molar-refractivity contribution in [3.05, 3.63) is 34.2 Å². The van der Waals surface area contributed by atoms with Crippen molar-refractivity contribution in [3.63, 3.8) is 0 Å². The molecule has 1 fully saturated rings. The van der Waals surface area contributed by atoms with Gasteiger partial charge in [0.1, 0.15) is 0 Å². The second-order valence-electron chi connectivity index (χ2n) is 4.40. The number of aryl methyl sites for hydroxylation is 1. The zero-order valence-electron chi connectivity index (χ0n) is 9.80. The van der Waals surface area contributed by atoms with Crippen molar-refractivity contribution in [1.82, 2.24) is 15.1 Å². The van der Waals surface area contributed by atoms with Crippen LogP contribution in [0.4, 0.5) is 0 Å². The number of hydrogen-bond donors (Lipinski definition) is 0. The minimum Gasteiger partial charge on any atom is -0.424 e. The molecule has 0 unspecified atom stereocenters. The topological polar surface area (TPSA) is 42.2 Å². The third-order valence-corrected chi connectivity index (χ3v) is 3.90. The molecular weight excluding hydrogens is 234 g/mol. The normalized spacial score (nSPS) is 21.1. The lowest BCUT2D eigenvalue weighted by molar-refractivity contribution is 0.222. The summed E-state index contributed by atoms with van der Waals surface area (Å²) in [6.45, 7) is 3.71. The van der Waals surface area contributed by atoms with Crippen LogP contribution in [0.5, 0.6) is 0 Å². The van der Waals surface area contributed by atoms with E-state index in [4.69, 9.17) is 4.42 Å². The Morgan fingerprint density at radius 3 is 3.18 bits per heavy atom. The molecule has 17 heavy (non-hydrogen) atoms. The Balaban J connectivity index is 1.74. The zero-order chi connectivity index (χ0) is 11.7. The van der Waals surface area contributed by atoms with Gasteiger partial charge in [0.05, 0.1) is 6.54 Å². The molecule has 0 N–H and O–H groups in total. The van der Waals surface area contributed by atoms with Crippen molar-refractivity contribution < 1.29 is 4.42 Å². The van der Waals surface area contributed by atoms with Crippen LogP contribution in [0.2, 0.25) is 0 Å². The molecule has 1 aliphatic rings. The molecule has 0 aromatic carbocycles. The van der Waals surface area contributed by atoms with Crippen LogP contribution < -0.4 is 0 Å². The molecule has 0 saturated carbocycles. The fraction of sp³-hybridized carbons (Fsp3) is 0.500. The van der Waals surface area contributed by atoms with E-state index in [9.17, 15) is 0 Å². The first-order valence-electron chi connectivity index (χ1n) is 5.88. The molecule has 2 aromatic rings. The molecule has 5 heteroatoms. The Labute approximate surface area is 104 Å². The maximum absolute atomic E-state index is 5.45. The van der Waals surface area contributed by atoms with Crippen molar-refractivity contribution in [2.75, 3.05) is 6.54 Å². The van der Waals surface area contributed by atoms with Crippen molar-refractivity contribution in [1.29, 1.82) is 0 Å². The number of aromatic nitrogens is 2. The van der Waals surface area contributed by atoms with Crippen molar-refractivity contribution in [2.24, 2.45) is 0 Å². The predicted octanol–water partition coefficient (Wildman–Crippen LogP) is 2.78. The molecule has 0 spiro atoms. The molecule has 90 valence electrons. The van der Waals surface area contributed by atoms with E-state index in [2.05, 4.69) is 31.9 Å². The van der Waals surface area contributed by atoms with E-state index in [1.165, 1.54) is 18.4 Å². The summed E-state index contributed by atoms with van der Waals surface area (Å²) < 4.78 is 5.45. The molecule has 1 atom stereocenters. The summed E-state index contributed by atoms with van der Waals surface area (Å²) in [5.41, 5.74) is 1.42. The Hall–Kier alpha value is -1.20. The highest BCUT2D eigenvalue weighted by Gasteiger charge is 2.27. The van der Waals surface area contributed by atoms with Gasteiger partial charge in [0.25, 0.3) is 0 Å². The van der Waals surface area contributed by atoms with Crippen LogP contribution in [0.25, 0.3) is 0 Å². The van der Waals surface area contributed by atoms with Crippen LogP contribution in [-0.2, 0) is 6.54 Å². The maximum atomic E-state index is 5.45. The van der Waals surface area contributed by atoms with E-state index in [-0.39, 0.29) is 0 Å².